The normalized spacial score (nSPS) is 10.8. The lowest BCUT2D eigenvalue weighted by atomic mass is 10.2. The lowest BCUT2D eigenvalue weighted by Crippen LogP contribution is -2.25. The Morgan fingerprint density at radius 1 is 1.14 bits per heavy atom. The van der Waals surface area contributed by atoms with Gasteiger partial charge in [-0.1, -0.05) is 30.3 Å². The average molecular weight is 407 g/mol. The first kappa shape index (κ1) is 18.9. The molecule has 0 fully saturated rings. The number of anilines is 2. The van der Waals surface area contributed by atoms with Crippen LogP contribution in [-0.4, -0.2) is 34.5 Å². The second-order valence-corrected chi connectivity index (χ2v) is 7.50. The Labute approximate surface area is 171 Å². The smallest absolute Gasteiger partial charge is 0.227 e. The van der Waals surface area contributed by atoms with Crippen molar-refractivity contribution >= 4 is 39.1 Å². The number of carbonyl (C=O) groups is 1. The Hall–Kier alpha value is -3.39. The maximum absolute atomic E-state index is 12.9. The molecule has 29 heavy (non-hydrogen) atoms. The fourth-order valence-electron chi connectivity index (χ4n) is 2.92. The molecule has 0 saturated carbocycles. The minimum atomic E-state index is -0.443. The molecule has 0 atom stereocenters. The third-order valence-corrected chi connectivity index (χ3v) is 5.49. The lowest BCUT2D eigenvalue weighted by Gasteiger charge is -2.18. The Kier molecular flexibility index (Phi) is 5.44. The average Bonchev–Trinajstić information content (AvgIpc) is 3.19. The van der Waals surface area contributed by atoms with Crippen molar-refractivity contribution in [2.24, 2.45) is 0 Å². The summed E-state index contributed by atoms with van der Waals surface area (Å²) in [5.74, 6) is 0.465. The largest absolute Gasteiger partial charge is 0.359 e. The van der Waals surface area contributed by atoms with E-state index in [1.807, 2.05) is 30.1 Å². The van der Waals surface area contributed by atoms with Gasteiger partial charge in [-0.2, -0.15) is 0 Å². The molecule has 0 aliphatic rings. The summed E-state index contributed by atoms with van der Waals surface area (Å²) in [5.41, 5.74) is 1.13. The van der Waals surface area contributed by atoms with Gasteiger partial charge in [0.2, 0.25) is 5.91 Å². The molecule has 0 spiro atoms. The molecule has 8 heteroatoms. The zero-order valence-corrected chi connectivity index (χ0v) is 16.5. The van der Waals surface area contributed by atoms with Crippen molar-refractivity contribution in [1.29, 1.82) is 0 Å². The number of benzene rings is 1. The van der Waals surface area contributed by atoms with E-state index in [1.165, 1.54) is 12.1 Å². The van der Waals surface area contributed by atoms with Gasteiger partial charge in [0.1, 0.15) is 28.6 Å². The molecule has 0 saturated heterocycles. The molecule has 0 bridgehead atoms. The minimum Gasteiger partial charge on any atom is -0.359 e. The molecule has 0 radical (unpaired) electrons. The first-order chi connectivity index (χ1) is 14.1. The number of pyridine rings is 1. The molecular weight excluding hydrogens is 389 g/mol. The standard InChI is InChI=1S/C21H18FN5OS/c1-27(10-9-19(28)26-18-8-7-15(22)12-23-18)20-16-11-17(14-5-3-2-4-6-14)29-21(16)25-13-24-20/h2-8,11-13H,9-10H2,1H3,(H,23,26,28). The maximum atomic E-state index is 12.9. The summed E-state index contributed by atoms with van der Waals surface area (Å²) < 4.78 is 12.9. The van der Waals surface area contributed by atoms with Gasteiger partial charge in [0.05, 0.1) is 11.6 Å². The number of nitrogens with zero attached hydrogens (tertiary/aromatic N) is 4. The third kappa shape index (κ3) is 4.38. The summed E-state index contributed by atoms with van der Waals surface area (Å²) in [6.45, 7) is 0.468. The molecule has 3 heterocycles. The fraction of sp³-hybridized carbons (Fsp3) is 0.143. The number of halogens is 1. The Morgan fingerprint density at radius 2 is 1.97 bits per heavy atom. The van der Waals surface area contributed by atoms with Crippen LogP contribution in [-0.2, 0) is 4.79 Å². The monoisotopic (exact) mass is 407 g/mol. The highest BCUT2D eigenvalue weighted by molar-refractivity contribution is 7.21. The van der Waals surface area contributed by atoms with Crippen LogP contribution < -0.4 is 10.2 Å². The molecule has 1 N–H and O–H groups in total. The van der Waals surface area contributed by atoms with Crippen molar-refractivity contribution in [3.05, 3.63) is 66.9 Å². The zero-order chi connectivity index (χ0) is 20.2. The molecular formula is C21H18FN5OS. The zero-order valence-electron chi connectivity index (χ0n) is 15.7. The van der Waals surface area contributed by atoms with Crippen molar-refractivity contribution in [3.63, 3.8) is 0 Å². The van der Waals surface area contributed by atoms with Gasteiger partial charge in [0.15, 0.2) is 0 Å². The van der Waals surface area contributed by atoms with E-state index in [0.717, 1.165) is 32.7 Å². The molecule has 1 aromatic carbocycles. The maximum Gasteiger partial charge on any atom is 0.227 e. The summed E-state index contributed by atoms with van der Waals surface area (Å²) in [4.78, 5) is 28.8. The van der Waals surface area contributed by atoms with Crippen LogP contribution in [0.25, 0.3) is 20.7 Å². The predicted octanol–water partition coefficient (Wildman–Crippen LogP) is 4.36. The van der Waals surface area contributed by atoms with Gasteiger partial charge in [0.25, 0.3) is 0 Å². The molecule has 4 rings (SSSR count). The predicted molar refractivity (Wildman–Crippen MR) is 114 cm³/mol. The van der Waals surface area contributed by atoms with Crippen LogP contribution in [0.15, 0.2) is 61.1 Å². The van der Waals surface area contributed by atoms with Gasteiger partial charge in [-0.15, -0.1) is 11.3 Å². The van der Waals surface area contributed by atoms with Crippen LogP contribution in [0.5, 0.6) is 0 Å². The fourth-order valence-corrected chi connectivity index (χ4v) is 3.92. The van der Waals surface area contributed by atoms with Crippen LogP contribution in [0.3, 0.4) is 0 Å². The second-order valence-electron chi connectivity index (χ2n) is 6.47. The van der Waals surface area contributed by atoms with Crippen LogP contribution >= 0.6 is 11.3 Å². The van der Waals surface area contributed by atoms with Crippen molar-refractivity contribution < 1.29 is 9.18 Å². The number of hydrogen-bond donors (Lipinski definition) is 1. The topological polar surface area (TPSA) is 71.0 Å². The van der Waals surface area contributed by atoms with E-state index in [2.05, 4.69) is 38.5 Å². The second kappa shape index (κ2) is 8.32. The van der Waals surface area contributed by atoms with Gasteiger partial charge in [-0.3, -0.25) is 4.79 Å². The minimum absolute atomic E-state index is 0.198. The summed E-state index contributed by atoms with van der Waals surface area (Å²) in [6, 6.07) is 14.9. The van der Waals surface area contributed by atoms with Crippen molar-refractivity contribution in [2.75, 3.05) is 23.8 Å². The number of carbonyl (C=O) groups excluding carboxylic acids is 1. The van der Waals surface area contributed by atoms with E-state index in [-0.39, 0.29) is 12.3 Å². The van der Waals surface area contributed by atoms with Gasteiger partial charge >= 0.3 is 0 Å². The molecule has 6 nitrogen and oxygen atoms in total. The highest BCUT2D eigenvalue weighted by Crippen LogP contribution is 2.35. The van der Waals surface area contributed by atoms with Crippen molar-refractivity contribution in [3.8, 4) is 10.4 Å². The summed E-state index contributed by atoms with van der Waals surface area (Å²) in [7, 11) is 1.89. The van der Waals surface area contributed by atoms with Crippen LogP contribution in [0.2, 0.25) is 0 Å². The Balaban J connectivity index is 1.46. The summed E-state index contributed by atoms with van der Waals surface area (Å²) in [6.07, 6.45) is 2.86. The Bertz CT molecular complexity index is 1130. The number of nitrogens with one attached hydrogen (secondary N) is 1. The van der Waals surface area contributed by atoms with Crippen LogP contribution in [0.1, 0.15) is 6.42 Å². The molecule has 146 valence electrons. The molecule has 3 aromatic heterocycles. The highest BCUT2D eigenvalue weighted by atomic mass is 32.1. The number of hydrogen-bond acceptors (Lipinski definition) is 6. The first-order valence-corrected chi connectivity index (χ1v) is 9.84. The SMILES string of the molecule is CN(CCC(=O)Nc1ccc(F)cn1)c1ncnc2sc(-c3ccccc3)cc12. The summed E-state index contributed by atoms with van der Waals surface area (Å²) in [5, 5.41) is 3.62. The number of fused-ring (bicyclic) bond motifs is 1. The Morgan fingerprint density at radius 3 is 2.72 bits per heavy atom. The number of amides is 1. The van der Waals surface area contributed by atoms with E-state index in [4.69, 9.17) is 0 Å². The van der Waals surface area contributed by atoms with Gasteiger partial charge in [-0.25, -0.2) is 19.3 Å². The lowest BCUT2D eigenvalue weighted by molar-refractivity contribution is -0.116. The van der Waals surface area contributed by atoms with E-state index in [1.54, 1.807) is 17.7 Å². The molecule has 1 amide bonds. The van der Waals surface area contributed by atoms with E-state index < -0.39 is 5.82 Å². The van der Waals surface area contributed by atoms with E-state index in [9.17, 15) is 9.18 Å². The van der Waals surface area contributed by atoms with Crippen LogP contribution in [0.4, 0.5) is 16.0 Å². The van der Waals surface area contributed by atoms with Gasteiger partial charge in [-0.05, 0) is 23.8 Å². The number of aromatic nitrogens is 3. The molecule has 0 unspecified atom stereocenters. The van der Waals surface area contributed by atoms with Crippen LogP contribution in [0, 0.1) is 5.82 Å². The van der Waals surface area contributed by atoms with E-state index in [0.29, 0.717) is 12.4 Å². The van der Waals surface area contributed by atoms with E-state index >= 15 is 0 Å². The van der Waals surface area contributed by atoms with Gasteiger partial charge in [0, 0.05) is 24.9 Å². The summed E-state index contributed by atoms with van der Waals surface area (Å²) >= 11 is 1.61. The third-order valence-electron chi connectivity index (χ3n) is 4.40. The first-order valence-electron chi connectivity index (χ1n) is 9.02. The molecule has 0 aliphatic carbocycles. The number of thiophene rings is 1. The van der Waals surface area contributed by atoms with Crippen molar-refractivity contribution in [1.82, 2.24) is 15.0 Å². The van der Waals surface area contributed by atoms with Gasteiger partial charge < -0.3 is 10.2 Å². The number of rotatable bonds is 6. The highest BCUT2D eigenvalue weighted by Gasteiger charge is 2.14. The molecule has 0 aliphatic heterocycles. The van der Waals surface area contributed by atoms with Crippen molar-refractivity contribution in [2.45, 2.75) is 6.42 Å². The molecule has 4 aromatic rings. The quantitative estimate of drug-likeness (QED) is 0.514.